The Morgan fingerprint density at radius 1 is 1.06 bits per heavy atom. The molecule has 6 fully saturated rings. The van der Waals surface area contributed by atoms with Gasteiger partial charge in [-0.2, -0.15) is 0 Å². The second-order valence-electron chi connectivity index (χ2n) is 13.9. The van der Waals surface area contributed by atoms with Gasteiger partial charge >= 0.3 is 5.97 Å². The van der Waals surface area contributed by atoms with Crippen LogP contribution in [0.3, 0.4) is 0 Å². The average molecular weight is 632 g/mol. The molecule has 7 heteroatoms. The van der Waals surface area contributed by atoms with E-state index in [0.29, 0.717) is 29.6 Å². The Kier molecular flexibility index (Phi) is 6.56. The van der Waals surface area contributed by atoms with Gasteiger partial charge in [-0.1, -0.05) is 59.6 Å². The van der Waals surface area contributed by atoms with E-state index in [-0.39, 0.29) is 50.5 Å². The molecular weight excluding hydrogens is 588 g/mol. The zero-order valence-corrected chi connectivity index (χ0v) is 25.6. The SMILES string of the molecule is CC(=O)O[C@H]1CC[C@@]2(C)[C@@H](CC[C@H]3[C@@H]2[C@H](Br)[C@@H](O)[C@]2(C)[C@H]4[C@H](C[C@@H]32)O[C@@]2(OC[C@H](C)C[C@H]2Br)[C@H]4C)C1. The van der Waals surface area contributed by atoms with Gasteiger partial charge in [0.25, 0.3) is 0 Å². The molecule has 2 saturated heterocycles. The first-order valence-electron chi connectivity index (χ1n) is 14.4. The number of fused-ring (bicyclic) bond motifs is 7. The van der Waals surface area contributed by atoms with Crippen LogP contribution in [0.1, 0.15) is 79.6 Å². The fraction of sp³-hybridized carbons (Fsp3) is 0.966. The van der Waals surface area contributed by atoms with Gasteiger partial charge in [-0.25, -0.2) is 0 Å². The molecule has 0 aromatic carbocycles. The number of carbonyl (C=O) groups excluding carboxylic acids is 1. The zero-order chi connectivity index (χ0) is 25.8. The van der Waals surface area contributed by atoms with Gasteiger partial charge < -0.3 is 19.3 Å². The molecular formula is C29H44Br2O5. The highest BCUT2D eigenvalue weighted by Gasteiger charge is 2.74. The van der Waals surface area contributed by atoms with Gasteiger partial charge in [-0.3, -0.25) is 4.79 Å². The van der Waals surface area contributed by atoms with Crippen LogP contribution >= 0.6 is 31.9 Å². The van der Waals surface area contributed by atoms with E-state index in [9.17, 15) is 9.90 Å². The van der Waals surface area contributed by atoms with Crippen molar-refractivity contribution in [2.45, 2.75) is 113 Å². The van der Waals surface area contributed by atoms with Gasteiger partial charge in [-0.15, -0.1) is 0 Å². The van der Waals surface area contributed by atoms with Crippen LogP contribution in [0.15, 0.2) is 0 Å². The van der Waals surface area contributed by atoms with E-state index < -0.39 is 11.9 Å². The monoisotopic (exact) mass is 630 g/mol. The lowest BCUT2D eigenvalue weighted by Gasteiger charge is -2.64. The van der Waals surface area contributed by atoms with Crippen LogP contribution < -0.4 is 0 Å². The smallest absolute Gasteiger partial charge is 0.302 e. The van der Waals surface area contributed by atoms with E-state index in [4.69, 9.17) is 14.2 Å². The second kappa shape index (κ2) is 8.91. The summed E-state index contributed by atoms with van der Waals surface area (Å²) in [6, 6.07) is 0. The van der Waals surface area contributed by atoms with Gasteiger partial charge in [0.15, 0.2) is 5.79 Å². The minimum absolute atomic E-state index is 0.0522. The van der Waals surface area contributed by atoms with E-state index in [2.05, 4.69) is 59.6 Å². The summed E-state index contributed by atoms with van der Waals surface area (Å²) in [5.74, 6) is 2.32. The Bertz CT molecular complexity index is 901. The summed E-state index contributed by atoms with van der Waals surface area (Å²) in [5, 5.41) is 12.2. The van der Waals surface area contributed by atoms with E-state index in [1.165, 1.54) is 19.8 Å². The van der Waals surface area contributed by atoms with Gasteiger partial charge in [0.05, 0.1) is 23.6 Å². The van der Waals surface area contributed by atoms with E-state index >= 15 is 0 Å². The molecule has 204 valence electrons. The first-order chi connectivity index (χ1) is 16.9. The third kappa shape index (κ3) is 3.50. The van der Waals surface area contributed by atoms with Crippen molar-refractivity contribution in [3.8, 4) is 0 Å². The van der Waals surface area contributed by atoms with Crippen LogP contribution in [0.2, 0.25) is 0 Å². The Balaban J connectivity index is 1.29. The summed E-state index contributed by atoms with van der Waals surface area (Å²) >= 11 is 8.09. The third-order valence-corrected chi connectivity index (χ3v) is 14.3. The van der Waals surface area contributed by atoms with Crippen LogP contribution in [0, 0.1) is 52.3 Å². The molecule has 0 unspecified atom stereocenters. The fourth-order valence-corrected chi connectivity index (χ4v) is 13.5. The summed E-state index contributed by atoms with van der Waals surface area (Å²) in [4.78, 5) is 11.9. The lowest BCUT2D eigenvalue weighted by Crippen LogP contribution is -2.64. The number of ether oxygens (including phenoxy) is 3. The number of hydrogen-bond acceptors (Lipinski definition) is 5. The standard InChI is InChI=1S/C29H44Br2O5/c1-14-10-22(30)29(34-13-14)15(2)23-21(36-29)12-20-19-7-6-17-11-18(35-16(3)32)8-9-27(17,4)24(19)25(31)26(33)28(20,23)5/h14-15,17-26,33H,6-13H2,1-5H3/t14-,15+,17+,18+,19-,20+,21+,22-,23-,24-,25+,26-,27+,28+,29+/m1/s1. The van der Waals surface area contributed by atoms with Crippen molar-refractivity contribution in [1.29, 1.82) is 0 Å². The van der Waals surface area contributed by atoms with Crippen LogP contribution in [0.4, 0.5) is 0 Å². The molecule has 15 atom stereocenters. The molecule has 5 nitrogen and oxygen atoms in total. The summed E-state index contributed by atoms with van der Waals surface area (Å²) in [6.45, 7) is 11.7. The Morgan fingerprint density at radius 2 is 1.81 bits per heavy atom. The quantitative estimate of drug-likeness (QED) is 0.281. The van der Waals surface area contributed by atoms with Gasteiger partial charge in [0.2, 0.25) is 0 Å². The fourth-order valence-electron chi connectivity index (χ4n) is 10.7. The number of aliphatic hydroxyl groups excluding tert-OH is 1. The van der Waals surface area contributed by atoms with Crippen molar-refractivity contribution in [2.24, 2.45) is 52.3 Å². The lowest BCUT2D eigenvalue weighted by molar-refractivity contribution is -0.268. The average Bonchev–Trinajstić information content (AvgIpc) is 3.26. The molecule has 2 heterocycles. The number of carbonyl (C=O) groups is 1. The van der Waals surface area contributed by atoms with Crippen LogP contribution in [-0.2, 0) is 19.0 Å². The maximum Gasteiger partial charge on any atom is 0.302 e. The molecule has 4 aliphatic carbocycles. The number of halogens is 2. The Hall–Kier alpha value is 0.310. The number of hydrogen-bond donors (Lipinski definition) is 1. The van der Waals surface area contributed by atoms with E-state index in [0.717, 1.165) is 38.7 Å². The second-order valence-corrected chi connectivity index (χ2v) is 16.0. The van der Waals surface area contributed by atoms with Crippen molar-refractivity contribution in [3.05, 3.63) is 0 Å². The summed E-state index contributed by atoms with van der Waals surface area (Å²) in [7, 11) is 0. The van der Waals surface area contributed by atoms with Crippen molar-refractivity contribution in [1.82, 2.24) is 0 Å². The Morgan fingerprint density at radius 3 is 2.50 bits per heavy atom. The summed E-state index contributed by atoms with van der Waals surface area (Å²) in [6.07, 6.45) is 7.22. The lowest BCUT2D eigenvalue weighted by atomic mass is 9.43. The molecule has 4 saturated carbocycles. The number of aliphatic hydroxyl groups is 1. The Labute approximate surface area is 233 Å². The van der Waals surface area contributed by atoms with Gasteiger partial charge in [0, 0.05) is 29.0 Å². The normalized spacial score (nSPS) is 60.1. The molecule has 0 amide bonds. The van der Waals surface area contributed by atoms with E-state index in [1.807, 2.05) is 0 Å². The molecule has 0 bridgehead atoms. The third-order valence-electron chi connectivity index (χ3n) is 12.2. The molecule has 6 aliphatic rings. The predicted octanol–water partition coefficient (Wildman–Crippen LogP) is 6.08. The van der Waals surface area contributed by atoms with Crippen molar-refractivity contribution in [3.63, 3.8) is 0 Å². The van der Waals surface area contributed by atoms with Crippen LogP contribution in [0.5, 0.6) is 0 Å². The maximum atomic E-state index is 12.2. The van der Waals surface area contributed by atoms with Crippen molar-refractivity contribution in [2.75, 3.05) is 6.61 Å². The number of esters is 1. The van der Waals surface area contributed by atoms with Crippen LogP contribution in [-0.4, -0.2) is 51.4 Å². The molecule has 0 aromatic heterocycles. The summed E-state index contributed by atoms with van der Waals surface area (Å²) in [5.41, 5.74) is -0.0365. The van der Waals surface area contributed by atoms with Crippen molar-refractivity contribution < 1.29 is 24.1 Å². The molecule has 1 spiro atoms. The summed E-state index contributed by atoms with van der Waals surface area (Å²) < 4.78 is 19.1. The molecule has 6 rings (SSSR count). The molecule has 0 radical (unpaired) electrons. The highest BCUT2D eigenvalue weighted by molar-refractivity contribution is 9.09. The zero-order valence-electron chi connectivity index (χ0n) is 22.4. The van der Waals surface area contributed by atoms with Crippen molar-refractivity contribution >= 4 is 37.8 Å². The maximum absolute atomic E-state index is 12.2. The highest BCUT2D eigenvalue weighted by atomic mass is 79.9. The predicted molar refractivity (Wildman–Crippen MR) is 145 cm³/mol. The molecule has 36 heavy (non-hydrogen) atoms. The molecule has 0 aromatic rings. The number of rotatable bonds is 1. The highest BCUT2D eigenvalue weighted by Crippen LogP contribution is 2.72. The first kappa shape index (κ1) is 26.5. The van der Waals surface area contributed by atoms with Crippen LogP contribution in [0.25, 0.3) is 0 Å². The minimum atomic E-state index is -0.576. The van der Waals surface area contributed by atoms with Gasteiger partial charge in [0.1, 0.15) is 6.10 Å². The topological polar surface area (TPSA) is 65.0 Å². The minimum Gasteiger partial charge on any atom is -0.463 e. The number of alkyl halides is 2. The largest absolute Gasteiger partial charge is 0.463 e. The molecule has 1 N–H and O–H groups in total. The van der Waals surface area contributed by atoms with Gasteiger partial charge in [-0.05, 0) is 80.0 Å². The van der Waals surface area contributed by atoms with E-state index in [1.54, 1.807) is 0 Å². The molecule has 2 aliphatic heterocycles. The first-order valence-corrected chi connectivity index (χ1v) is 16.2.